The highest BCUT2D eigenvalue weighted by Crippen LogP contribution is 2.21. The van der Waals surface area contributed by atoms with Crippen LogP contribution in [0.15, 0.2) is 18.2 Å². The second-order valence-corrected chi connectivity index (χ2v) is 4.94. The number of pyridine rings is 1. The topological polar surface area (TPSA) is 53.4 Å². The Labute approximate surface area is 108 Å². The van der Waals surface area contributed by atoms with Gasteiger partial charge in [0.05, 0.1) is 6.10 Å². The van der Waals surface area contributed by atoms with E-state index in [1.165, 1.54) is 0 Å². The monoisotopic (exact) mass is 248 g/mol. The lowest BCUT2D eigenvalue weighted by Gasteiger charge is -2.35. The molecule has 1 aliphatic rings. The summed E-state index contributed by atoms with van der Waals surface area (Å²) in [5.74, 6) is 0.163. The van der Waals surface area contributed by atoms with Gasteiger partial charge in [-0.2, -0.15) is 0 Å². The van der Waals surface area contributed by atoms with E-state index >= 15 is 0 Å². The number of carbonyl (C=O) groups is 1. The zero-order valence-corrected chi connectivity index (χ0v) is 11.0. The second kappa shape index (κ2) is 5.48. The number of aromatic nitrogens is 1. The third-order valence-electron chi connectivity index (χ3n) is 3.61. The van der Waals surface area contributed by atoms with Crippen LogP contribution in [0.2, 0.25) is 0 Å². The quantitative estimate of drug-likeness (QED) is 0.865. The van der Waals surface area contributed by atoms with Crippen molar-refractivity contribution in [3.05, 3.63) is 29.6 Å². The minimum atomic E-state index is -0.274. The fourth-order valence-electron chi connectivity index (χ4n) is 2.43. The van der Waals surface area contributed by atoms with E-state index < -0.39 is 0 Å². The van der Waals surface area contributed by atoms with Crippen molar-refractivity contribution in [1.29, 1.82) is 0 Å². The van der Waals surface area contributed by atoms with Crippen LogP contribution in [-0.4, -0.2) is 40.1 Å². The molecule has 1 aliphatic heterocycles. The predicted molar refractivity (Wildman–Crippen MR) is 69.3 cm³/mol. The number of aryl methyl sites for hydroxylation is 1. The normalized spacial score (nSPS) is 24.1. The van der Waals surface area contributed by atoms with Gasteiger partial charge in [0, 0.05) is 24.7 Å². The number of hydrogen-bond donors (Lipinski definition) is 1. The molecule has 1 amide bonds. The number of hydrogen-bond acceptors (Lipinski definition) is 3. The van der Waals surface area contributed by atoms with E-state index in [1.807, 2.05) is 30.9 Å². The lowest BCUT2D eigenvalue weighted by molar-refractivity contribution is 0.0225. The van der Waals surface area contributed by atoms with Gasteiger partial charge in [-0.1, -0.05) is 13.0 Å². The second-order valence-electron chi connectivity index (χ2n) is 4.94. The third-order valence-corrected chi connectivity index (χ3v) is 3.61. The van der Waals surface area contributed by atoms with Crippen molar-refractivity contribution in [3.63, 3.8) is 0 Å². The summed E-state index contributed by atoms with van der Waals surface area (Å²) in [6.07, 6.45) is 1.28. The Hall–Kier alpha value is -1.42. The van der Waals surface area contributed by atoms with Crippen LogP contribution < -0.4 is 0 Å². The molecule has 18 heavy (non-hydrogen) atoms. The summed E-state index contributed by atoms with van der Waals surface area (Å²) in [7, 11) is 0. The third kappa shape index (κ3) is 2.70. The first kappa shape index (κ1) is 13.0. The Bertz CT molecular complexity index is 434. The molecular weight excluding hydrogens is 228 g/mol. The Morgan fingerprint density at radius 3 is 3.00 bits per heavy atom. The predicted octanol–water partition coefficient (Wildman–Crippen LogP) is 1.62. The van der Waals surface area contributed by atoms with Gasteiger partial charge < -0.3 is 10.0 Å². The molecule has 4 nitrogen and oxygen atoms in total. The molecule has 2 atom stereocenters. The fraction of sp³-hybridized carbons (Fsp3) is 0.571. The molecule has 1 aromatic heterocycles. The summed E-state index contributed by atoms with van der Waals surface area (Å²) >= 11 is 0. The molecule has 2 heterocycles. The van der Waals surface area contributed by atoms with Gasteiger partial charge in [-0.05, 0) is 31.9 Å². The van der Waals surface area contributed by atoms with Crippen LogP contribution >= 0.6 is 0 Å². The Kier molecular flexibility index (Phi) is 3.97. The Balaban J connectivity index is 2.10. The number of amides is 1. The zero-order valence-electron chi connectivity index (χ0n) is 11.0. The molecule has 98 valence electrons. The summed E-state index contributed by atoms with van der Waals surface area (Å²) in [4.78, 5) is 18.4. The number of aliphatic hydroxyl groups excluding tert-OH is 1. The van der Waals surface area contributed by atoms with Gasteiger partial charge in [0.2, 0.25) is 0 Å². The molecule has 2 rings (SSSR count). The number of carbonyl (C=O) groups excluding carboxylic acids is 1. The molecule has 0 saturated carbocycles. The molecule has 0 spiro atoms. The molecule has 4 heteroatoms. The number of piperidine rings is 1. The standard InChI is InChI=1S/C14H20N2O2/c1-3-11-9-16(8-7-13(11)17)14(18)12-6-4-5-10(2)15-12/h4-6,11,13,17H,3,7-9H2,1-2H3. The van der Waals surface area contributed by atoms with Gasteiger partial charge in [-0.3, -0.25) is 4.79 Å². The van der Waals surface area contributed by atoms with E-state index in [2.05, 4.69) is 4.98 Å². The van der Waals surface area contributed by atoms with Crippen LogP contribution in [0.3, 0.4) is 0 Å². The van der Waals surface area contributed by atoms with Crippen molar-refractivity contribution in [1.82, 2.24) is 9.88 Å². The fourth-order valence-corrected chi connectivity index (χ4v) is 2.43. The van der Waals surface area contributed by atoms with Crippen molar-refractivity contribution < 1.29 is 9.90 Å². The number of nitrogens with zero attached hydrogens (tertiary/aromatic N) is 2. The number of likely N-dealkylation sites (tertiary alicyclic amines) is 1. The number of aliphatic hydroxyl groups is 1. The smallest absolute Gasteiger partial charge is 0.272 e. The minimum absolute atomic E-state index is 0.0240. The Morgan fingerprint density at radius 1 is 1.56 bits per heavy atom. The molecule has 1 fully saturated rings. The zero-order chi connectivity index (χ0) is 13.1. The highest BCUT2D eigenvalue weighted by atomic mass is 16.3. The lowest BCUT2D eigenvalue weighted by Crippen LogP contribution is -2.46. The highest BCUT2D eigenvalue weighted by molar-refractivity contribution is 5.92. The average Bonchev–Trinajstić information content (AvgIpc) is 2.38. The Morgan fingerprint density at radius 2 is 2.33 bits per heavy atom. The molecule has 0 aliphatic carbocycles. The average molecular weight is 248 g/mol. The summed E-state index contributed by atoms with van der Waals surface area (Å²) in [5, 5.41) is 9.83. The molecule has 2 unspecified atom stereocenters. The first-order valence-corrected chi connectivity index (χ1v) is 6.52. The maximum absolute atomic E-state index is 12.3. The van der Waals surface area contributed by atoms with Crippen molar-refractivity contribution >= 4 is 5.91 Å². The van der Waals surface area contributed by atoms with E-state index in [4.69, 9.17) is 0 Å². The van der Waals surface area contributed by atoms with Gasteiger partial charge >= 0.3 is 0 Å². The first-order valence-electron chi connectivity index (χ1n) is 6.52. The summed E-state index contributed by atoms with van der Waals surface area (Å²) in [6, 6.07) is 5.48. The van der Waals surface area contributed by atoms with E-state index in [9.17, 15) is 9.90 Å². The van der Waals surface area contributed by atoms with E-state index in [0.29, 0.717) is 25.2 Å². The maximum Gasteiger partial charge on any atom is 0.272 e. The summed E-state index contributed by atoms with van der Waals surface area (Å²) in [6.45, 7) is 5.18. The van der Waals surface area contributed by atoms with Crippen LogP contribution in [0, 0.1) is 12.8 Å². The van der Waals surface area contributed by atoms with Gasteiger partial charge in [0.1, 0.15) is 5.69 Å². The van der Waals surface area contributed by atoms with Gasteiger partial charge in [0.15, 0.2) is 0 Å². The molecule has 0 bridgehead atoms. The van der Waals surface area contributed by atoms with Crippen LogP contribution in [0.4, 0.5) is 0 Å². The van der Waals surface area contributed by atoms with Crippen LogP contribution in [0.5, 0.6) is 0 Å². The van der Waals surface area contributed by atoms with Crippen molar-refractivity contribution in [2.75, 3.05) is 13.1 Å². The van der Waals surface area contributed by atoms with Crippen LogP contribution in [-0.2, 0) is 0 Å². The highest BCUT2D eigenvalue weighted by Gasteiger charge is 2.29. The van der Waals surface area contributed by atoms with Crippen molar-refractivity contribution in [2.45, 2.75) is 32.8 Å². The van der Waals surface area contributed by atoms with Gasteiger partial charge in [-0.15, -0.1) is 0 Å². The van der Waals surface area contributed by atoms with Crippen LogP contribution in [0.1, 0.15) is 35.9 Å². The molecule has 1 N–H and O–H groups in total. The van der Waals surface area contributed by atoms with Gasteiger partial charge in [-0.25, -0.2) is 4.98 Å². The van der Waals surface area contributed by atoms with Gasteiger partial charge in [0.25, 0.3) is 5.91 Å². The van der Waals surface area contributed by atoms with E-state index in [-0.39, 0.29) is 17.9 Å². The van der Waals surface area contributed by atoms with Crippen molar-refractivity contribution in [3.8, 4) is 0 Å². The summed E-state index contributed by atoms with van der Waals surface area (Å²) in [5.41, 5.74) is 1.35. The molecule has 1 saturated heterocycles. The number of rotatable bonds is 2. The molecule has 0 radical (unpaired) electrons. The summed E-state index contributed by atoms with van der Waals surface area (Å²) < 4.78 is 0. The van der Waals surface area contributed by atoms with E-state index in [1.54, 1.807) is 6.07 Å². The van der Waals surface area contributed by atoms with Crippen molar-refractivity contribution in [2.24, 2.45) is 5.92 Å². The molecular formula is C14H20N2O2. The van der Waals surface area contributed by atoms with Crippen LogP contribution in [0.25, 0.3) is 0 Å². The minimum Gasteiger partial charge on any atom is -0.393 e. The first-order chi connectivity index (χ1) is 8.61. The molecule has 0 aromatic carbocycles. The maximum atomic E-state index is 12.3. The SMILES string of the molecule is CCC1CN(C(=O)c2cccc(C)n2)CCC1O. The van der Waals surface area contributed by atoms with E-state index in [0.717, 1.165) is 12.1 Å². The lowest BCUT2D eigenvalue weighted by atomic mass is 9.92. The largest absolute Gasteiger partial charge is 0.393 e. The molecule has 1 aromatic rings.